The molecule has 1 aromatic carbocycles. The Bertz CT molecular complexity index is 965. The summed E-state index contributed by atoms with van der Waals surface area (Å²) >= 11 is 0. The van der Waals surface area contributed by atoms with Gasteiger partial charge in [0.1, 0.15) is 4.90 Å². The van der Waals surface area contributed by atoms with Crippen LogP contribution in [-0.4, -0.2) is 49.3 Å². The molecule has 0 spiro atoms. The predicted octanol–water partition coefficient (Wildman–Crippen LogP) is 0.622. The van der Waals surface area contributed by atoms with E-state index in [4.69, 9.17) is 5.14 Å². The summed E-state index contributed by atoms with van der Waals surface area (Å²) in [7, 11) is -7.58. The van der Waals surface area contributed by atoms with Crippen molar-refractivity contribution in [2.45, 2.75) is 30.7 Å². The van der Waals surface area contributed by atoms with E-state index in [1.165, 1.54) is 21.4 Å². The van der Waals surface area contributed by atoms with Gasteiger partial charge in [0.15, 0.2) is 0 Å². The van der Waals surface area contributed by atoms with Crippen LogP contribution in [0.3, 0.4) is 0 Å². The Morgan fingerprint density at radius 2 is 1.88 bits per heavy atom. The molecule has 1 aliphatic heterocycles. The second-order valence-corrected chi connectivity index (χ2v) is 9.75. The lowest BCUT2D eigenvalue weighted by atomic mass is 10.2. The molecule has 1 fully saturated rings. The molecule has 3 rings (SSSR count). The molecular weight excluding hydrogens is 364 g/mol. The lowest BCUT2D eigenvalue weighted by Gasteiger charge is -2.22. The van der Waals surface area contributed by atoms with Crippen molar-refractivity contribution in [2.75, 3.05) is 12.3 Å². The van der Waals surface area contributed by atoms with E-state index in [0.29, 0.717) is 12.8 Å². The van der Waals surface area contributed by atoms with Crippen LogP contribution in [0.4, 0.5) is 0 Å². The third kappa shape index (κ3) is 3.92. The van der Waals surface area contributed by atoms with E-state index < -0.39 is 26.1 Å². The molecule has 0 unspecified atom stereocenters. The second-order valence-electron chi connectivity index (χ2n) is 6.20. The van der Waals surface area contributed by atoms with Gasteiger partial charge in [0.25, 0.3) is 0 Å². The van der Waals surface area contributed by atoms with Crippen molar-refractivity contribution in [3.63, 3.8) is 0 Å². The first kappa shape index (κ1) is 18.1. The van der Waals surface area contributed by atoms with Gasteiger partial charge in [0.05, 0.1) is 23.8 Å². The van der Waals surface area contributed by atoms with Gasteiger partial charge in [0.2, 0.25) is 20.0 Å². The zero-order chi connectivity index (χ0) is 18.2. The first-order valence-corrected chi connectivity index (χ1v) is 11.0. The van der Waals surface area contributed by atoms with Crippen molar-refractivity contribution in [2.24, 2.45) is 5.14 Å². The minimum Gasteiger partial charge on any atom is -0.240 e. The lowest BCUT2D eigenvalue weighted by Crippen LogP contribution is -2.40. The Morgan fingerprint density at radius 1 is 1.20 bits per heavy atom. The molecule has 1 atom stereocenters. The summed E-state index contributed by atoms with van der Waals surface area (Å²) in [6.45, 7) is 2.24. The van der Waals surface area contributed by atoms with E-state index in [0.717, 1.165) is 11.3 Å². The summed E-state index contributed by atoms with van der Waals surface area (Å²) in [6.07, 6.45) is 3.79. The van der Waals surface area contributed by atoms with Crippen molar-refractivity contribution in [3.8, 4) is 5.69 Å². The molecule has 10 heteroatoms. The molecule has 1 aliphatic rings. The van der Waals surface area contributed by atoms with Crippen LogP contribution < -0.4 is 5.14 Å². The molecule has 0 bridgehead atoms. The van der Waals surface area contributed by atoms with Crippen LogP contribution in [0.2, 0.25) is 0 Å². The fourth-order valence-electron chi connectivity index (χ4n) is 2.97. The van der Waals surface area contributed by atoms with Gasteiger partial charge >= 0.3 is 0 Å². The number of nitrogens with zero attached hydrogens (tertiary/aromatic N) is 3. The molecule has 0 saturated carbocycles. The highest BCUT2D eigenvalue weighted by molar-refractivity contribution is 7.90. The topological polar surface area (TPSA) is 115 Å². The average molecular weight is 384 g/mol. The number of primary sulfonamides is 1. The highest BCUT2D eigenvalue weighted by Crippen LogP contribution is 2.27. The lowest BCUT2D eigenvalue weighted by molar-refractivity contribution is 0.408. The van der Waals surface area contributed by atoms with Gasteiger partial charge in [-0.1, -0.05) is 17.7 Å². The molecule has 136 valence electrons. The van der Waals surface area contributed by atoms with Crippen molar-refractivity contribution in [1.29, 1.82) is 0 Å². The smallest absolute Gasteiger partial charge is 0.240 e. The number of rotatable bonds is 5. The first-order valence-electron chi connectivity index (χ1n) is 7.81. The standard InChI is InChI=1S/C15H20N4O4S2/c1-12-4-6-13(7-5-12)18-10-15(9-17-18)25(22,23)19-8-2-3-14(19)11-24(16,20)21/h4-7,9-10,14H,2-3,8,11H2,1H3,(H2,16,20,21)/t14-/m0/s1. The Hall–Kier alpha value is -1.75. The maximum Gasteiger partial charge on any atom is 0.246 e. The Labute approximate surface area is 147 Å². The third-order valence-corrected chi connectivity index (χ3v) is 6.97. The monoisotopic (exact) mass is 384 g/mol. The van der Waals surface area contributed by atoms with E-state index >= 15 is 0 Å². The fraction of sp³-hybridized carbons (Fsp3) is 0.400. The second kappa shape index (κ2) is 6.52. The van der Waals surface area contributed by atoms with Crippen LogP contribution in [0.25, 0.3) is 5.69 Å². The van der Waals surface area contributed by atoms with Gasteiger partial charge in [-0.2, -0.15) is 9.40 Å². The Balaban J connectivity index is 1.89. The Morgan fingerprint density at radius 3 is 2.52 bits per heavy atom. The Kier molecular flexibility index (Phi) is 4.71. The quantitative estimate of drug-likeness (QED) is 0.811. The number of sulfonamides is 2. The van der Waals surface area contributed by atoms with Crippen LogP contribution in [0.15, 0.2) is 41.6 Å². The summed E-state index contributed by atoms with van der Waals surface area (Å²) < 4.78 is 51.1. The predicted molar refractivity (Wildman–Crippen MR) is 93.2 cm³/mol. The van der Waals surface area contributed by atoms with Crippen molar-refractivity contribution in [3.05, 3.63) is 42.2 Å². The van der Waals surface area contributed by atoms with E-state index in [1.54, 1.807) is 0 Å². The third-order valence-electron chi connectivity index (χ3n) is 4.21. The molecule has 1 aromatic heterocycles. The number of benzene rings is 1. The molecule has 8 nitrogen and oxygen atoms in total. The highest BCUT2D eigenvalue weighted by atomic mass is 32.2. The number of nitrogens with two attached hydrogens (primary N) is 1. The number of aromatic nitrogens is 2. The minimum absolute atomic E-state index is 0.0365. The van der Waals surface area contributed by atoms with Gasteiger partial charge in [-0.15, -0.1) is 0 Å². The average Bonchev–Trinajstić information content (AvgIpc) is 3.16. The van der Waals surface area contributed by atoms with E-state index in [2.05, 4.69) is 5.10 Å². The molecule has 2 heterocycles. The normalized spacial score (nSPS) is 19.4. The van der Waals surface area contributed by atoms with E-state index in [1.807, 2.05) is 31.2 Å². The van der Waals surface area contributed by atoms with Gasteiger partial charge in [-0.05, 0) is 31.9 Å². The maximum absolute atomic E-state index is 12.9. The van der Waals surface area contributed by atoms with Crippen LogP contribution >= 0.6 is 0 Å². The molecule has 1 saturated heterocycles. The number of hydrogen-bond acceptors (Lipinski definition) is 5. The maximum atomic E-state index is 12.9. The summed E-state index contributed by atoms with van der Waals surface area (Å²) in [5.74, 6) is -0.377. The van der Waals surface area contributed by atoms with Crippen molar-refractivity contribution in [1.82, 2.24) is 14.1 Å². The molecule has 0 aliphatic carbocycles. The van der Waals surface area contributed by atoms with Crippen molar-refractivity contribution < 1.29 is 16.8 Å². The van der Waals surface area contributed by atoms with Crippen LogP contribution in [0.1, 0.15) is 18.4 Å². The summed E-state index contributed by atoms with van der Waals surface area (Å²) in [5.41, 5.74) is 1.83. The van der Waals surface area contributed by atoms with E-state index in [9.17, 15) is 16.8 Å². The largest absolute Gasteiger partial charge is 0.246 e. The molecule has 0 radical (unpaired) electrons. The van der Waals surface area contributed by atoms with Crippen LogP contribution in [-0.2, 0) is 20.0 Å². The molecule has 2 aromatic rings. The van der Waals surface area contributed by atoms with Gasteiger partial charge in [0, 0.05) is 12.6 Å². The zero-order valence-electron chi connectivity index (χ0n) is 13.7. The molecule has 0 amide bonds. The number of aryl methyl sites for hydroxylation is 1. The van der Waals surface area contributed by atoms with Crippen molar-refractivity contribution >= 4 is 20.0 Å². The summed E-state index contributed by atoms with van der Waals surface area (Å²) in [4.78, 5) is 0.0365. The fourth-order valence-corrected chi connectivity index (χ4v) is 5.58. The first-order chi connectivity index (χ1) is 11.7. The minimum atomic E-state index is -3.83. The van der Waals surface area contributed by atoms with Crippen LogP contribution in [0, 0.1) is 6.92 Å². The SMILES string of the molecule is Cc1ccc(-n2cc(S(=O)(=O)N3CCC[C@H]3CS(N)(=O)=O)cn2)cc1. The van der Waals surface area contributed by atoms with Gasteiger partial charge in [-0.25, -0.2) is 26.7 Å². The summed E-state index contributed by atoms with van der Waals surface area (Å²) in [5, 5.41) is 9.21. The van der Waals surface area contributed by atoms with Gasteiger partial charge in [-0.3, -0.25) is 0 Å². The number of hydrogen-bond donors (Lipinski definition) is 1. The van der Waals surface area contributed by atoms with E-state index in [-0.39, 0.29) is 17.2 Å². The van der Waals surface area contributed by atoms with Crippen LogP contribution in [0.5, 0.6) is 0 Å². The highest BCUT2D eigenvalue weighted by Gasteiger charge is 2.37. The molecular formula is C15H20N4O4S2. The van der Waals surface area contributed by atoms with Gasteiger partial charge < -0.3 is 0 Å². The zero-order valence-corrected chi connectivity index (χ0v) is 15.4. The molecule has 2 N–H and O–H groups in total. The molecule has 25 heavy (non-hydrogen) atoms. The summed E-state index contributed by atoms with van der Waals surface area (Å²) in [6, 6.07) is 6.88.